The zero-order valence-electron chi connectivity index (χ0n) is 14.5. The molecule has 0 fully saturated rings. The van der Waals surface area contributed by atoms with Gasteiger partial charge in [0.15, 0.2) is 5.78 Å². The maximum atomic E-state index is 12.1. The van der Waals surface area contributed by atoms with Crippen molar-refractivity contribution in [2.75, 3.05) is 6.61 Å². The fraction of sp³-hybridized carbons (Fsp3) is 0.0909. The molecule has 0 aliphatic heterocycles. The van der Waals surface area contributed by atoms with E-state index in [1.54, 1.807) is 18.2 Å². The second-order valence-electron chi connectivity index (χ2n) is 6.61. The summed E-state index contributed by atoms with van der Waals surface area (Å²) >= 11 is 0. The Labute approximate surface area is 154 Å². The number of benzene rings is 3. The number of fused-ring (bicyclic) bond motifs is 4. The highest BCUT2D eigenvalue weighted by Crippen LogP contribution is 2.45. The molecule has 1 aliphatic carbocycles. The number of aromatic nitrogens is 2. The summed E-state index contributed by atoms with van der Waals surface area (Å²) in [6.07, 6.45) is 0. The molecular weight excluding hydrogens is 340 g/mol. The van der Waals surface area contributed by atoms with E-state index in [4.69, 9.17) is 14.7 Å². The molecule has 5 rings (SSSR count). The van der Waals surface area contributed by atoms with Crippen LogP contribution in [0.15, 0.2) is 54.6 Å². The van der Waals surface area contributed by atoms with Crippen molar-refractivity contribution in [3.8, 4) is 22.5 Å². The summed E-state index contributed by atoms with van der Waals surface area (Å²) < 4.78 is 4.99. The molecule has 0 radical (unpaired) electrons. The van der Waals surface area contributed by atoms with Gasteiger partial charge in [-0.2, -0.15) is 0 Å². The molecule has 0 bridgehead atoms. The van der Waals surface area contributed by atoms with E-state index in [0.29, 0.717) is 16.6 Å². The lowest BCUT2D eigenvalue weighted by atomic mass is 10.0. The number of esters is 1. The predicted molar refractivity (Wildman–Crippen MR) is 102 cm³/mol. The molecular formula is C22H14N2O3. The molecule has 0 unspecified atom stereocenters. The average Bonchev–Trinajstić information content (AvgIpc) is 2.99. The fourth-order valence-corrected chi connectivity index (χ4v) is 3.54. The van der Waals surface area contributed by atoms with Crippen molar-refractivity contribution >= 4 is 33.6 Å². The van der Waals surface area contributed by atoms with Crippen LogP contribution in [-0.2, 0) is 9.53 Å². The molecule has 0 atom stereocenters. The van der Waals surface area contributed by atoms with Crippen LogP contribution in [0.2, 0.25) is 0 Å². The van der Waals surface area contributed by atoms with Crippen molar-refractivity contribution in [3.05, 3.63) is 60.2 Å². The molecule has 4 aromatic rings. The molecule has 0 saturated carbocycles. The van der Waals surface area contributed by atoms with Gasteiger partial charge in [-0.25, -0.2) is 14.8 Å². The molecule has 0 saturated heterocycles. The lowest BCUT2D eigenvalue weighted by Crippen LogP contribution is -2.11. The van der Waals surface area contributed by atoms with Gasteiger partial charge < -0.3 is 4.74 Å². The van der Waals surface area contributed by atoms with Gasteiger partial charge >= 0.3 is 5.97 Å². The molecule has 1 heterocycles. The first-order chi connectivity index (χ1) is 13.1. The number of carbonyl (C=O) groups is 2. The second-order valence-corrected chi connectivity index (χ2v) is 6.61. The Morgan fingerprint density at radius 3 is 2.22 bits per heavy atom. The van der Waals surface area contributed by atoms with E-state index in [9.17, 15) is 9.59 Å². The van der Waals surface area contributed by atoms with E-state index in [1.807, 2.05) is 18.2 Å². The van der Waals surface area contributed by atoms with Crippen molar-refractivity contribution in [2.24, 2.45) is 0 Å². The van der Waals surface area contributed by atoms with Gasteiger partial charge in [-0.05, 0) is 30.5 Å². The van der Waals surface area contributed by atoms with Crippen LogP contribution < -0.4 is 0 Å². The monoisotopic (exact) mass is 354 g/mol. The number of hydrogen-bond acceptors (Lipinski definition) is 5. The molecule has 0 spiro atoms. The quantitative estimate of drug-likeness (QED) is 0.455. The van der Waals surface area contributed by atoms with Crippen molar-refractivity contribution in [2.45, 2.75) is 6.92 Å². The minimum absolute atomic E-state index is 0.201. The van der Waals surface area contributed by atoms with E-state index >= 15 is 0 Å². The van der Waals surface area contributed by atoms with Crippen LogP contribution in [0, 0.1) is 0 Å². The number of Topliss-reactive ketones (excluding diaryl/α,β-unsaturated/α-hetero) is 1. The van der Waals surface area contributed by atoms with E-state index in [0.717, 1.165) is 33.3 Å². The van der Waals surface area contributed by atoms with Gasteiger partial charge in [-0.1, -0.05) is 36.4 Å². The molecule has 5 nitrogen and oxygen atoms in total. The van der Waals surface area contributed by atoms with Crippen LogP contribution in [0.25, 0.3) is 44.3 Å². The fourth-order valence-electron chi connectivity index (χ4n) is 3.54. The van der Waals surface area contributed by atoms with Gasteiger partial charge in [0.25, 0.3) is 0 Å². The zero-order chi connectivity index (χ0) is 18.5. The first-order valence-electron chi connectivity index (χ1n) is 8.63. The van der Waals surface area contributed by atoms with Gasteiger partial charge in [0.05, 0.1) is 28.0 Å². The summed E-state index contributed by atoms with van der Waals surface area (Å²) in [5.41, 5.74) is 5.50. The Bertz CT molecular complexity index is 1270. The first-order valence-corrected chi connectivity index (χ1v) is 8.63. The zero-order valence-corrected chi connectivity index (χ0v) is 14.5. The van der Waals surface area contributed by atoms with Crippen LogP contribution in [0.4, 0.5) is 0 Å². The smallest absolute Gasteiger partial charge is 0.338 e. The summed E-state index contributed by atoms with van der Waals surface area (Å²) in [4.78, 5) is 32.8. The topological polar surface area (TPSA) is 69.2 Å². The number of carbonyl (C=O) groups excluding carboxylic acids is 2. The number of ether oxygens (including phenoxy) is 1. The summed E-state index contributed by atoms with van der Waals surface area (Å²) in [5.74, 6) is -0.743. The van der Waals surface area contributed by atoms with Gasteiger partial charge in [0.1, 0.15) is 6.61 Å². The Morgan fingerprint density at radius 1 is 0.889 bits per heavy atom. The summed E-state index contributed by atoms with van der Waals surface area (Å²) in [5, 5.41) is 2.31. The third-order valence-corrected chi connectivity index (χ3v) is 4.72. The average molecular weight is 354 g/mol. The largest absolute Gasteiger partial charge is 0.454 e. The second kappa shape index (κ2) is 5.71. The Balaban J connectivity index is 1.66. The molecule has 3 aromatic carbocycles. The van der Waals surface area contributed by atoms with Crippen molar-refractivity contribution in [1.82, 2.24) is 9.97 Å². The normalized spacial score (nSPS) is 11.6. The van der Waals surface area contributed by atoms with Crippen molar-refractivity contribution in [3.63, 3.8) is 0 Å². The maximum Gasteiger partial charge on any atom is 0.338 e. The van der Waals surface area contributed by atoms with E-state index in [-0.39, 0.29) is 12.4 Å². The summed E-state index contributed by atoms with van der Waals surface area (Å²) in [6, 6.07) is 17.4. The minimum Gasteiger partial charge on any atom is -0.454 e. The van der Waals surface area contributed by atoms with Crippen molar-refractivity contribution < 1.29 is 14.3 Å². The highest BCUT2D eigenvalue weighted by molar-refractivity contribution is 6.14. The maximum absolute atomic E-state index is 12.1. The molecule has 5 heteroatoms. The number of ketones is 1. The van der Waals surface area contributed by atoms with Gasteiger partial charge in [-0.15, -0.1) is 0 Å². The van der Waals surface area contributed by atoms with Crippen LogP contribution in [0.5, 0.6) is 0 Å². The van der Waals surface area contributed by atoms with Crippen LogP contribution in [-0.4, -0.2) is 28.3 Å². The lowest BCUT2D eigenvalue weighted by molar-refractivity contribution is -0.120. The minimum atomic E-state index is -0.542. The summed E-state index contributed by atoms with van der Waals surface area (Å²) in [7, 11) is 0. The molecule has 0 amide bonds. The predicted octanol–water partition coefficient (Wildman–Crippen LogP) is 4.18. The molecule has 1 aromatic heterocycles. The number of nitrogens with zero attached hydrogens (tertiary/aromatic N) is 2. The van der Waals surface area contributed by atoms with Crippen molar-refractivity contribution in [1.29, 1.82) is 0 Å². The number of hydrogen-bond donors (Lipinski definition) is 0. The Morgan fingerprint density at radius 2 is 1.56 bits per heavy atom. The SMILES string of the molecule is CC(=O)COC(=O)c1ccc2nc3c(nc2c1)-c1cccc2cccc-3c12. The van der Waals surface area contributed by atoms with Gasteiger partial charge in [0.2, 0.25) is 0 Å². The highest BCUT2D eigenvalue weighted by Gasteiger charge is 2.24. The molecule has 27 heavy (non-hydrogen) atoms. The summed E-state index contributed by atoms with van der Waals surface area (Å²) in [6.45, 7) is 1.14. The Hall–Kier alpha value is -3.60. The van der Waals surface area contributed by atoms with E-state index in [2.05, 4.69) is 18.2 Å². The highest BCUT2D eigenvalue weighted by atomic mass is 16.5. The first kappa shape index (κ1) is 15.6. The van der Waals surface area contributed by atoms with Crippen LogP contribution in [0.1, 0.15) is 17.3 Å². The van der Waals surface area contributed by atoms with Crippen LogP contribution in [0.3, 0.4) is 0 Å². The van der Waals surface area contributed by atoms with Gasteiger partial charge in [0, 0.05) is 16.5 Å². The third kappa shape index (κ3) is 2.39. The van der Waals surface area contributed by atoms with Crippen LogP contribution >= 0.6 is 0 Å². The van der Waals surface area contributed by atoms with Gasteiger partial charge in [-0.3, -0.25) is 4.79 Å². The molecule has 130 valence electrons. The lowest BCUT2D eigenvalue weighted by Gasteiger charge is -2.06. The molecule has 1 aliphatic rings. The standard InChI is InChI=1S/C22H14N2O3/c1-12(25)11-27-22(26)14-8-9-17-18(10-14)24-21-16-7-3-5-13-4-2-6-15(19(13)16)20(21)23-17/h2-10H,11H2,1H3. The third-order valence-electron chi connectivity index (χ3n) is 4.72. The Kier molecular flexibility index (Phi) is 3.31. The van der Waals surface area contributed by atoms with E-state index < -0.39 is 5.97 Å². The van der Waals surface area contributed by atoms with E-state index in [1.165, 1.54) is 6.92 Å². The number of rotatable bonds is 3. The molecule has 0 N–H and O–H groups in total.